The Kier molecular flexibility index (Phi) is 2.41. The number of para-hydroxylation sites is 2. The van der Waals surface area contributed by atoms with Crippen molar-refractivity contribution in [2.75, 3.05) is 5.88 Å². The zero-order valence-electron chi connectivity index (χ0n) is 9.55. The third-order valence-electron chi connectivity index (χ3n) is 3.03. The molecular weight excluding hydrogens is 218 g/mol. The van der Waals surface area contributed by atoms with Crippen LogP contribution in [0.5, 0.6) is 0 Å². The number of benzene rings is 1. The van der Waals surface area contributed by atoms with Gasteiger partial charge in [-0.2, -0.15) is 0 Å². The Bertz CT molecular complexity index is 518. The minimum Gasteiger partial charge on any atom is -0.305 e. The van der Waals surface area contributed by atoms with E-state index in [0.29, 0.717) is 6.04 Å². The second kappa shape index (κ2) is 3.79. The van der Waals surface area contributed by atoms with E-state index < -0.39 is 0 Å². The van der Waals surface area contributed by atoms with Gasteiger partial charge in [0.1, 0.15) is 0 Å². The van der Waals surface area contributed by atoms with Crippen LogP contribution in [0, 0.1) is 0 Å². The second-order valence-electron chi connectivity index (χ2n) is 4.41. The number of thioether (sulfide) groups is 1. The van der Waals surface area contributed by atoms with Gasteiger partial charge in [-0.25, -0.2) is 4.98 Å². The van der Waals surface area contributed by atoms with Crippen LogP contribution in [0.15, 0.2) is 29.4 Å². The van der Waals surface area contributed by atoms with E-state index in [1.165, 1.54) is 5.52 Å². The van der Waals surface area contributed by atoms with Crippen LogP contribution < -0.4 is 0 Å². The van der Waals surface area contributed by atoms with Crippen LogP contribution in [0.25, 0.3) is 11.0 Å². The lowest BCUT2D eigenvalue weighted by atomic mass is 10.3. The van der Waals surface area contributed by atoms with E-state index in [0.717, 1.165) is 23.2 Å². The van der Waals surface area contributed by atoms with Gasteiger partial charge in [-0.1, -0.05) is 23.9 Å². The zero-order chi connectivity index (χ0) is 11.1. The quantitative estimate of drug-likeness (QED) is 0.755. The molecule has 0 amide bonds. The molecule has 1 aromatic carbocycles. The number of imidazole rings is 1. The first kappa shape index (κ1) is 10.2. The monoisotopic (exact) mass is 233 g/mol. The number of hydrogen-bond acceptors (Lipinski definition) is 3. The van der Waals surface area contributed by atoms with Gasteiger partial charge in [0, 0.05) is 6.04 Å². The van der Waals surface area contributed by atoms with E-state index in [4.69, 9.17) is 0 Å². The molecule has 0 N–H and O–H groups in total. The maximum Gasteiger partial charge on any atom is 0.171 e. The molecule has 84 valence electrons. The lowest BCUT2D eigenvalue weighted by Gasteiger charge is -2.30. The highest BCUT2D eigenvalue weighted by molar-refractivity contribution is 7.99. The predicted molar refractivity (Wildman–Crippen MR) is 67.4 cm³/mol. The average molecular weight is 233 g/mol. The summed E-state index contributed by atoms with van der Waals surface area (Å²) in [6.07, 6.45) is 0. The third kappa shape index (κ3) is 1.53. The van der Waals surface area contributed by atoms with E-state index in [9.17, 15) is 0 Å². The smallest absolute Gasteiger partial charge is 0.171 e. The van der Waals surface area contributed by atoms with Crippen LogP contribution in [0.2, 0.25) is 0 Å². The van der Waals surface area contributed by atoms with Crippen LogP contribution >= 0.6 is 11.8 Å². The molecule has 16 heavy (non-hydrogen) atoms. The van der Waals surface area contributed by atoms with Gasteiger partial charge in [0.05, 0.1) is 23.6 Å². The molecule has 2 heterocycles. The van der Waals surface area contributed by atoms with E-state index in [1.54, 1.807) is 0 Å². The normalized spacial score (nSPS) is 16.9. The zero-order valence-corrected chi connectivity index (χ0v) is 10.4. The van der Waals surface area contributed by atoms with Crippen molar-refractivity contribution in [3.8, 4) is 0 Å². The van der Waals surface area contributed by atoms with Gasteiger partial charge in [-0.15, -0.1) is 0 Å². The summed E-state index contributed by atoms with van der Waals surface area (Å²) < 4.78 is 2.31. The summed E-state index contributed by atoms with van der Waals surface area (Å²) in [5, 5.41) is 1.15. The topological polar surface area (TPSA) is 21.1 Å². The van der Waals surface area contributed by atoms with Gasteiger partial charge in [0.25, 0.3) is 0 Å². The predicted octanol–water partition coefficient (Wildman–Crippen LogP) is 2.77. The van der Waals surface area contributed by atoms with Gasteiger partial charge in [0.2, 0.25) is 0 Å². The fourth-order valence-corrected chi connectivity index (χ4v) is 3.11. The molecule has 0 fully saturated rings. The average Bonchev–Trinajstić information content (AvgIpc) is 2.66. The molecule has 2 aromatic rings. The summed E-state index contributed by atoms with van der Waals surface area (Å²) in [6, 6.07) is 8.95. The van der Waals surface area contributed by atoms with Crippen molar-refractivity contribution in [1.29, 1.82) is 0 Å². The van der Waals surface area contributed by atoms with Gasteiger partial charge in [-0.3, -0.25) is 4.90 Å². The second-order valence-corrected chi connectivity index (χ2v) is 5.32. The molecule has 0 spiro atoms. The molecule has 0 atom stereocenters. The van der Waals surface area contributed by atoms with E-state index in [-0.39, 0.29) is 0 Å². The van der Waals surface area contributed by atoms with Crippen molar-refractivity contribution >= 4 is 22.8 Å². The molecule has 3 rings (SSSR count). The summed E-state index contributed by atoms with van der Waals surface area (Å²) in [7, 11) is 0. The Morgan fingerprint density at radius 2 is 2.12 bits per heavy atom. The van der Waals surface area contributed by atoms with Gasteiger partial charge < -0.3 is 4.57 Å². The van der Waals surface area contributed by atoms with Gasteiger partial charge in [-0.05, 0) is 26.0 Å². The van der Waals surface area contributed by atoms with Crippen molar-refractivity contribution in [2.45, 2.75) is 31.7 Å². The minimum absolute atomic E-state index is 0.585. The Morgan fingerprint density at radius 1 is 1.31 bits per heavy atom. The number of aromatic nitrogens is 2. The Balaban J connectivity index is 2.08. The Hall–Kier alpha value is -1.00. The molecule has 1 aliphatic rings. The van der Waals surface area contributed by atoms with Crippen molar-refractivity contribution < 1.29 is 0 Å². The number of hydrogen-bond donors (Lipinski definition) is 0. The van der Waals surface area contributed by atoms with Crippen LogP contribution in [0.3, 0.4) is 0 Å². The molecule has 0 unspecified atom stereocenters. The molecule has 1 aliphatic heterocycles. The van der Waals surface area contributed by atoms with E-state index in [1.807, 2.05) is 17.8 Å². The highest BCUT2D eigenvalue weighted by Crippen LogP contribution is 2.29. The van der Waals surface area contributed by atoms with Crippen molar-refractivity contribution in [3.63, 3.8) is 0 Å². The Morgan fingerprint density at radius 3 is 2.94 bits per heavy atom. The van der Waals surface area contributed by atoms with E-state index >= 15 is 0 Å². The minimum atomic E-state index is 0.585. The molecule has 1 aromatic heterocycles. The summed E-state index contributed by atoms with van der Waals surface area (Å²) in [5.74, 6) is 1.04. The fourth-order valence-electron chi connectivity index (χ4n) is 1.98. The van der Waals surface area contributed by atoms with Crippen molar-refractivity contribution in [2.24, 2.45) is 0 Å². The van der Waals surface area contributed by atoms with E-state index in [2.05, 4.69) is 46.5 Å². The molecular formula is C12H15N3S. The summed E-state index contributed by atoms with van der Waals surface area (Å²) in [4.78, 5) is 7.10. The highest BCUT2D eigenvalue weighted by atomic mass is 32.2. The number of rotatable bonds is 1. The lowest BCUT2D eigenvalue weighted by molar-refractivity contribution is 0.195. The summed E-state index contributed by atoms with van der Waals surface area (Å²) >= 11 is 1.83. The molecule has 0 saturated heterocycles. The first-order valence-corrected chi connectivity index (χ1v) is 6.56. The standard InChI is InChI=1S/C12H15N3S/c1-9(2)14-7-15-11-6-4-3-5-10(11)13-12(15)16-8-14/h3-6,9H,7-8H2,1-2H3. The van der Waals surface area contributed by atoms with Crippen molar-refractivity contribution in [3.05, 3.63) is 24.3 Å². The van der Waals surface area contributed by atoms with Gasteiger partial charge in [0.15, 0.2) is 5.16 Å². The number of nitrogens with zero attached hydrogens (tertiary/aromatic N) is 3. The lowest BCUT2D eigenvalue weighted by Crippen LogP contribution is -2.35. The molecule has 0 saturated carbocycles. The first-order valence-electron chi connectivity index (χ1n) is 5.58. The summed E-state index contributed by atoms with van der Waals surface area (Å²) in [5.41, 5.74) is 2.35. The highest BCUT2D eigenvalue weighted by Gasteiger charge is 2.21. The number of fused-ring (bicyclic) bond motifs is 3. The molecule has 4 heteroatoms. The van der Waals surface area contributed by atoms with Crippen LogP contribution in [-0.4, -0.2) is 26.4 Å². The van der Waals surface area contributed by atoms with Crippen LogP contribution in [0.1, 0.15) is 13.8 Å². The molecule has 0 bridgehead atoms. The largest absolute Gasteiger partial charge is 0.305 e. The fraction of sp³-hybridized carbons (Fsp3) is 0.417. The maximum absolute atomic E-state index is 4.65. The molecule has 0 aliphatic carbocycles. The van der Waals surface area contributed by atoms with Crippen LogP contribution in [0.4, 0.5) is 0 Å². The third-order valence-corrected chi connectivity index (χ3v) is 4.06. The SMILES string of the molecule is CC(C)N1CSc2nc3ccccc3n2C1. The van der Waals surface area contributed by atoms with Crippen LogP contribution in [-0.2, 0) is 6.67 Å². The summed E-state index contributed by atoms with van der Waals surface area (Å²) in [6.45, 7) is 5.44. The Labute approximate surface area is 99.5 Å². The molecule has 3 nitrogen and oxygen atoms in total. The molecule has 0 radical (unpaired) electrons. The maximum atomic E-state index is 4.65. The van der Waals surface area contributed by atoms with Gasteiger partial charge >= 0.3 is 0 Å². The first-order chi connectivity index (χ1) is 7.75. The van der Waals surface area contributed by atoms with Crippen molar-refractivity contribution in [1.82, 2.24) is 14.5 Å².